The summed E-state index contributed by atoms with van der Waals surface area (Å²) in [5.41, 5.74) is 0.491. The number of aromatic carboxylic acids is 1. The van der Waals surface area contributed by atoms with Crippen LogP contribution in [-0.4, -0.2) is 28.4 Å². The molecular weight excluding hydrogens is 160 g/mol. The fourth-order valence-electron chi connectivity index (χ4n) is 0.751. The van der Waals surface area contributed by atoms with E-state index in [-0.39, 0.29) is 11.4 Å². The summed E-state index contributed by atoms with van der Waals surface area (Å²) in [6.45, 7) is 1.58. The number of methoxy groups -OCH3 is 1. The first-order chi connectivity index (χ1) is 5.65. The summed E-state index contributed by atoms with van der Waals surface area (Å²) in [7, 11) is 1.41. The maximum absolute atomic E-state index is 10.6. The van der Waals surface area contributed by atoms with Crippen molar-refractivity contribution in [3.63, 3.8) is 0 Å². The fourth-order valence-corrected chi connectivity index (χ4v) is 0.751. The number of ether oxygens (including phenoxy) is 1. The molecule has 0 radical (unpaired) electrons. The Bertz CT molecular complexity index is 312. The van der Waals surface area contributed by atoms with Gasteiger partial charge < -0.3 is 9.84 Å². The number of rotatable bonds is 2. The molecule has 12 heavy (non-hydrogen) atoms. The van der Waals surface area contributed by atoms with Gasteiger partial charge >= 0.3 is 5.97 Å². The van der Waals surface area contributed by atoms with E-state index >= 15 is 0 Å². The predicted octanol–water partition coefficient (Wildman–Crippen LogP) is 0.492. The minimum absolute atomic E-state index is 0.113. The van der Waals surface area contributed by atoms with Crippen LogP contribution in [0.15, 0.2) is 6.07 Å². The zero-order valence-corrected chi connectivity index (χ0v) is 6.74. The average molecular weight is 168 g/mol. The summed E-state index contributed by atoms with van der Waals surface area (Å²) in [5.74, 6) is -0.821. The van der Waals surface area contributed by atoms with Crippen molar-refractivity contribution in [3.8, 4) is 5.88 Å². The van der Waals surface area contributed by atoms with Crippen LogP contribution in [0.5, 0.6) is 5.88 Å². The van der Waals surface area contributed by atoms with Crippen molar-refractivity contribution in [3.05, 3.63) is 17.3 Å². The largest absolute Gasteiger partial charge is 0.480 e. The van der Waals surface area contributed by atoms with Gasteiger partial charge in [-0.3, -0.25) is 0 Å². The van der Waals surface area contributed by atoms with E-state index in [2.05, 4.69) is 10.2 Å². The Balaban J connectivity index is 3.17. The minimum atomic E-state index is -1.03. The van der Waals surface area contributed by atoms with Gasteiger partial charge in [-0.2, -0.15) is 5.10 Å². The van der Waals surface area contributed by atoms with Crippen molar-refractivity contribution < 1.29 is 14.6 Å². The molecule has 1 aromatic rings. The molecule has 0 spiro atoms. The second-order valence-electron chi connectivity index (χ2n) is 2.19. The lowest BCUT2D eigenvalue weighted by molar-refractivity contribution is 0.0694. The minimum Gasteiger partial charge on any atom is -0.480 e. The smallest absolute Gasteiger partial charge is 0.337 e. The Morgan fingerprint density at radius 3 is 2.75 bits per heavy atom. The van der Waals surface area contributed by atoms with Crippen molar-refractivity contribution in [2.24, 2.45) is 0 Å². The van der Waals surface area contributed by atoms with E-state index in [1.54, 1.807) is 6.92 Å². The molecule has 0 atom stereocenters. The molecule has 5 nitrogen and oxygen atoms in total. The zero-order valence-electron chi connectivity index (χ0n) is 6.74. The molecule has 1 rings (SSSR count). The molecule has 0 unspecified atom stereocenters. The van der Waals surface area contributed by atoms with Gasteiger partial charge in [0.1, 0.15) is 0 Å². The molecule has 0 saturated heterocycles. The van der Waals surface area contributed by atoms with Crippen LogP contribution in [0.2, 0.25) is 0 Å². The molecule has 0 amide bonds. The number of aryl methyl sites for hydroxylation is 1. The third-order valence-corrected chi connectivity index (χ3v) is 1.40. The number of hydrogen-bond acceptors (Lipinski definition) is 4. The topological polar surface area (TPSA) is 72.3 Å². The molecule has 1 heterocycles. The van der Waals surface area contributed by atoms with Crippen LogP contribution in [0.4, 0.5) is 0 Å². The summed E-state index contributed by atoms with van der Waals surface area (Å²) in [6.07, 6.45) is 0. The lowest BCUT2D eigenvalue weighted by Gasteiger charge is -2.00. The van der Waals surface area contributed by atoms with Crippen LogP contribution in [0.25, 0.3) is 0 Å². The van der Waals surface area contributed by atoms with E-state index in [0.717, 1.165) is 0 Å². The molecule has 0 fully saturated rings. The molecule has 5 heteroatoms. The first-order valence-corrected chi connectivity index (χ1v) is 3.26. The van der Waals surface area contributed by atoms with Gasteiger partial charge in [0.05, 0.1) is 18.4 Å². The third-order valence-electron chi connectivity index (χ3n) is 1.40. The molecule has 0 aliphatic heterocycles. The standard InChI is InChI=1S/C7H8N2O3/c1-4-5(7(10)11)3-6(12-2)9-8-4/h3H,1-2H3,(H,10,11). The van der Waals surface area contributed by atoms with E-state index < -0.39 is 5.97 Å². The second kappa shape index (κ2) is 3.17. The van der Waals surface area contributed by atoms with Gasteiger partial charge in [-0.25, -0.2) is 4.79 Å². The Kier molecular flexibility index (Phi) is 2.23. The molecule has 0 aliphatic carbocycles. The normalized spacial score (nSPS) is 9.50. The summed E-state index contributed by atoms with van der Waals surface area (Å²) in [5, 5.41) is 15.9. The van der Waals surface area contributed by atoms with Gasteiger partial charge in [-0.15, -0.1) is 5.10 Å². The van der Waals surface area contributed by atoms with Crippen LogP contribution >= 0.6 is 0 Å². The highest BCUT2D eigenvalue weighted by Gasteiger charge is 2.09. The fraction of sp³-hybridized carbons (Fsp3) is 0.286. The van der Waals surface area contributed by atoms with Crippen LogP contribution in [0.3, 0.4) is 0 Å². The first-order valence-electron chi connectivity index (χ1n) is 3.26. The van der Waals surface area contributed by atoms with Crippen LogP contribution in [0, 0.1) is 6.92 Å². The summed E-state index contributed by atoms with van der Waals surface area (Å²) in [6, 6.07) is 1.34. The molecule has 0 aliphatic rings. The highest BCUT2D eigenvalue weighted by molar-refractivity contribution is 5.88. The number of carbonyl (C=O) groups is 1. The Hall–Kier alpha value is -1.65. The molecule has 0 saturated carbocycles. The van der Waals surface area contributed by atoms with E-state index in [0.29, 0.717) is 5.69 Å². The van der Waals surface area contributed by atoms with E-state index in [9.17, 15) is 4.79 Å². The van der Waals surface area contributed by atoms with Crippen LogP contribution < -0.4 is 4.74 Å². The van der Waals surface area contributed by atoms with E-state index in [1.807, 2.05) is 0 Å². The highest BCUT2D eigenvalue weighted by Crippen LogP contribution is 2.10. The Morgan fingerprint density at radius 1 is 1.58 bits per heavy atom. The van der Waals surface area contributed by atoms with E-state index in [4.69, 9.17) is 9.84 Å². The van der Waals surface area contributed by atoms with Gasteiger partial charge in [0.2, 0.25) is 5.88 Å². The number of nitrogens with zero attached hydrogens (tertiary/aromatic N) is 2. The predicted molar refractivity (Wildman–Crippen MR) is 40.3 cm³/mol. The number of hydrogen-bond donors (Lipinski definition) is 1. The maximum atomic E-state index is 10.6. The Labute approximate surface area is 69.0 Å². The number of aromatic nitrogens is 2. The van der Waals surface area contributed by atoms with Gasteiger partial charge in [0.15, 0.2) is 0 Å². The van der Waals surface area contributed by atoms with Crippen LogP contribution in [0.1, 0.15) is 16.1 Å². The van der Waals surface area contributed by atoms with Gasteiger partial charge in [-0.05, 0) is 6.92 Å². The third kappa shape index (κ3) is 1.50. The second-order valence-corrected chi connectivity index (χ2v) is 2.19. The van der Waals surface area contributed by atoms with Gasteiger partial charge in [0.25, 0.3) is 0 Å². The molecular formula is C7H8N2O3. The quantitative estimate of drug-likeness (QED) is 0.695. The molecule has 64 valence electrons. The van der Waals surface area contributed by atoms with Gasteiger partial charge in [-0.1, -0.05) is 0 Å². The van der Waals surface area contributed by atoms with Gasteiger partial charge in [0, 0.05) is 6.07 Å². The lowest BCUT2D eigenvalue weighted by atomic mass is 10.2. The molecule has 0 aromatic carbocycles. The number of carboxylic acids is 1. The molecule has 1 N–H and O–H groups in total. The SMILES string of the molecule is COc1cc(C(=O)O)c(C)nn1. The first kappa shape index (κ1) is 8.45. The molecule has 0 bridgehead atoms. The monoisotopic (exact) mass is 168 g/mol. The van der Waals surface area contributed by atoms with Crippen LogP contribution in [-0.2, 0) is 0 Å². The average Bonchev–Trinajstić information content (AvgIpc) is 2.05. The van der Waals surface area contributed by atoms with E-state index in [1.165, 1.54) is 13.2 Å². The summed E-state index contributed by atoms with van der Waals surface area (Å²) in [4.78, 5) is 10.6. The lowest BCUT2D eigenvalue weighted by Crippen LogP contribution is -2.04. The number of carboxylic acid groups (broad SMARTS) is 1. The highest BCUT2D eigenvalue weighted by atomic mass is 16.5. The van der Waals surface area contributed by atoms with Crippen molar-refractivity contribution >= 4 is 5.97 Å². The molecule has 1 aromatic heterocycles. The Morgan fingerprint density at radius 2 is 2.25 bits per heavy atom. The summed E-state index contributed by atoms with van der Waals surface area (Å²) >= 11 is 0. The van der Waals surface area contributed by atoms with Crippen molar-refractivity contribution in [2.45, 2.75) is 6.92 Å². The maximum Gasteiger partial charge on any atom is 0.337 e. The van der Waals surface area contributed by atoms with Crippen molar-refractivity contribution in [1.29, 1.82) is 0 Å². The van der Waals surface area contributed by atoms with Crippen molar-refractivity contribution in [2.75, 3.05) is 7.11 Å². The summed E-state index contributed by atoms with van der Waals surface area (Å²) < 4.78 is 4.72. The zero-order chi connectivity index (χ0) is 9.14. The van der Waals surface area contributed by atoms with Crippen molar-refractivity contribution in [1.82, 2.24) is 10.2 Å².